The summed E-state index contributed by atoms with van der Waals surface area (Å²) in [5.74, 6) is 0. The van der Waals surface area contributed by atoms with Gasteiger partial charge in [-0.15, -0.1) is 0 Å². The summed E-state index contributed by atoms with van der Waals surface area (Å²) >= 11 is 3.37. The van der Waals surface area contributed by atoms with E-state index in [0.717, 1.165) is 9.86 Å². The zero-order valence-electron chi connectivity index (χ0n) is 11.5. The molecule has 2 aromatic rings. The number of fused-ring (bicyclic) bond motifs is 1. The molecule has 0 N–H and O–H groups in total. The Bertz CT molecular complexity index is 708. The van der Waals surface area contributed by atoms with E-state index in [4.69, 9.17) is 11.3 Å². The summed E-state index contributed by atoms with van der Waals surface area (Å²) in [6.45, 7) is 12.5. The second-order valence-electron chi connectivity index (χ2n) is 5.32. The van der Waals surface area contributed by atoms with Gasteiger partial charge in [-0.3, -0.25) is 0 Å². The van der Waals surface area contributed by atoms with Crippen molar-refractivity contribution in [3.05, 3.63) is 39.8 Å². The first kappa shape index (κ1) is 14.5. The molecule has 5 nitrogen and oxygen atoms in total. The highest BCUT2D eigenvalue weighted by Gasteiger charge is 2.22. The Kier molecular flexibility index (Phi) is 3.82. The van der Waals surface area contributed by atoms with Crippen molar-refractivity contribution in [1.29, 1.82) is 0 Å². The van der Waals surface area contributed by atoms with Gasteiger partial charge >= 0.3 is 6.09 Å². The molecule has 2 rings (SSSR count). The average Bonchev–Trinajstić information content (AvgIpc) is 2.66. The third-order valence-corrected chi connectivity index (χ3v) is 3.01. The first-order valence-electron chi connectivity index (χ1n) is 6.05. The lowest BCUT2D eigenvalue weighted by Gasteiger charge is -2.19. The Hall–Kier alpha value is -1.87. The maximum absolute atomic E-state index is 12.2. The molecule has 104 valence electrons. The number of hydrogen-bond donors (Lipinski definition) is 0. The van der Waals surface area contributed by atoms with Gasteiger partial charge in [0.05, 0.1) is 5.52 Å². The topological polar surface area (TPSA) is 48.5 Å². The van der Waals surface area contributed by atoms with Gasteiger partial charge in [-0.05, 0) is 39.0 Å². The van der Waals surface area contributed by atoms with E-state index >= 15 is 0 Å². The maximum Gasteiger partial charge on any atom is 0.435 e. The monoisotopic (exact) mass is 335 g/mol. The van der Waals surface area contributed by atoms with Crippen LogP contribution in [0, 0.1) is 6.57 Å². The van der Waals surface area contributed by atoms with Crippen molar-refractivity contribution in [2.75, 3.05) is 0 Å². The molecule has 1 aromatic carbocycles. The molecule has 0 radical (unpaired) electrons. The van der Waals surface area contributed by atoms with Crippen molar-refractivity contribution in [3.63, 3.8) is 0 Å². The number of ether oxygens (including phenoxy) is 1. The van der Waals surface area contributed by atoms with E-state index in [0.29, 0.717) is 11.2 Å². The number of carbonyl (C=O) groups excluding carboxylic acids is 1. The lowest BCUT2D eigenvalue weighted by molar-refractivity contribution is 0.0522. The van der Waals surface area contributed by atoms with Crippen LogP contribution < -0.4 is 0 Å². The van der Waals surface area contributed by atoms with Crippen LogP contribution in [0.3, 0.4) is 0 Å². The predicted octanol–water partition coefficient (Wildman–Crippen LogP) is 4.00. The third kappa shape index (κ3) is 2.99. The van der Waals surface area contributed by atoms with Crippen LogP contribution >= 0.6 is 15.9 Å². The highest BCUT2D eigenvalue weighted by Crippen LogP contribution is 2.24. The molecule has 0 aliphatic heterocycles. The van der Waals surface area contributed by atoms with Gasteiger partial charge < -0.3 is 9.58 Å². The summed E-state index contributed by atoms with van der Waals surface area (Å²) in [6.07, 6.45) is -0.545. The van der Waals surface area contributed by atoms with Crippen molar-refractivity contribution in [2.45, 2.75) is 32.9 Å². The van der Waals surface area contributed by atoms with Gasteiger partial charge in [0, 0.05) is 9.86 Å². The molecule has 1 heterocycles. The van der Waals surface area contributed by atoms with Gasteiger partial charge in [-0.2, -0.15) is 9.78 Å². The molecule has 20 heavy (non-hydrogen) atoms. The Morgan fingerprint density at radius 1 is 1.50 bits per heavy atom. The van der Waals surface area contributed by atoms with Crippen LogP contribution in [0.15, 0.2) is 22.7 Å². The van der Waals surface area contributed by atoms with Gasteiger partial charge in [0.15, 0.2) is 0 Å². The predicted molar refractivity (Wildman–Crippen MR) is 79.4 cm³/mol. The standard InChI is InChI=1S/C14H14BrN3O2/c1-14(2,3)20-13(19)18-12-7-9(15)5-6-10(12)11(17-18)8-16-4/h5-7H,8H2,1-3H3. The lowest BCUT2D eigenvalue weighted by Crippen LogP contribution is -2.27. The van der Waals surface area contributed by atoms with Gasteiger partial charge in [0.25, 0.3) is 6.54 Å². The molecule has 0 fully saturated rings. The highest BCUT2D eigenvalue weighted by molar-refractivity contribution is 9.10. The summed E-state index contributed by atoms with van der Waals surface area (Å²) < 4.78 is 7.38. The minimum atomic E-state index is -0.596. The number of benzene rings is 1. The van der Waals surface area contributed by atoms with Gasteiger partial charge in [-0.25, -0.2) is 11.4 Å². The van der Waals surface area contributed by atoms with Crippen molar-refractivity contribution in [1.82, 2.24) is 9.78 Å². The molecule has 0 atom stereocenters. The van der Waals surface area contributed by atoms with Gasteiger partial charge in [0.1, 0.15) is 11.3 Å². The number of halogens is 1. The molecule has 0 spiro atoms. The minimum Gasteiger partial charge on any atom is -0.442 e. The Balaban J connectivity index is 2.55. The summed E-state index contributed by atoms with van der Waals surface area (Å²) in [6, 6.07) is 5.49. The number of hydrogen-bond acceptors (Lipinski definition) is 3. The Labute approximate surface area is 125 Å². The van der Waals surface area contributed by atoms with Gasteiger partial charge in [-0.1, -0.05) is 15.9 Å². The van der Waals surface area contributed by atoms with E-state index in [1.165, 1.54) is 4.68 Å². The fourth-order valence-electron chi connectivity index (χ4n) is 1.79. The van der Waals surface area contributed by atoms with E-state index in [9.17, 15) is 4.79 Å². The van der Waals surface area contributed by atoms with E-state index in [2.05, 4.69) is 25.9 Å². The van der Waals surface area contributed by atoms with Crippen LogP contribution in [0.2, 0.25) is 0 Å². The Morgan fingerprint density at radius 3 is 2.80 bits per heavy atom. The van der Waals surface area contributed by atoms with Crippen LogP contribution in [0.1, 0.15) is 26.5 Å². The number of aromatic nitrogens is 2. The molecule has 0 bridgehead atoms. The molecule has 1 aromatic heterocycles. The van der Waals surface area contributed by atoms with Crippen LogP contribution in [-0.4, -0.2) is 21.5 Å². The summed E-state index contributed by atoms with van der Waals surface area (Å²) in [5.41, 5.74) is 0.613. The summed E-state index contributed by atoms with van der Waals surface area (Å²) in [5, 5.41) is 5.00. The fraction of sp³-hybridized carbons (Fsp3) is 0.357. The molecule has 0 amide bonds. The van der Waals surface area contributed by atoms with Crippen LogP contribution in [0.4, 0.5) is 4.79 Å². The van der Waals surface area contributed by atoms with Crippen LogP contribution in [0.5, 0.6) is 0 Å². The second kappa shape index (κ2) is 5.25. The fourth-order valence-corrected chi connectivity index (χ4v) is 2.14. The first-order valence-corrected chi connectivity index (χ1v) is 6.85. The molecule has 6 heteroatoms. The molecule has 0 unspecified atom stereocenters. The molecule has 0 saturated heterocycles. The van der Waals surface area contributed by atoms with Gasteiger partial charge in [0.2, 0.25) is 0 Å². The first-order chi connectivity index (χ1) is 9.31. The van der Waals surface area contributed by atoms with Crippen molar-refractivity contribution < 1.29 is 9.53 Å². The van der Waals surface area contributed by atoms with E-state index in [1.807, 2.05) is 12.1 Å². The van der Waals surface area contributed by atoms with Crippen molar-refractivity contribution in [2.24, 2.45) is 0 Å². The lowest BCUT2D eigenvalue weighted by atomic mass is 10.2. The van der Waals surface area contributed by atoms with Crippen molar-refractivity contribution >= 4 is 32.9 Å². The molecular formula is C14H14BrN3O2. The number of rotatable bonds is 1. The Morgan fingerprint density at radius 2 is 2.20 bits per heavy atom. The minimum absolute atomic E-state index is 0.133. The van der Waals surface area contributed by atoms with E-state index < -0.39 is 11.7 Å². The summed E-state index contributed by atoms with van der Waals surface area (Å²) in [4.78, 5) is 15.5. The zero-order chi connectivity index (χ0) is 14.9. The number of nitrogens with zero attached hydrogens (tertiary/aromatic N) is 3. The molecule has 0 saturated carbocycles. The van der Waals surface area contributed by atoms with Crippen LogP contribution in [0.25, 0.3) is 15.7 Å². The molecule has 0 aliphatic rings. The van der Waals surface area contributed by atoms with Crippen molar-refractivity contribution in [3.8, 4) is 0 Å². The zero-order valence-corrected chi connectivity index (χ0v) is 13.1. The van der Waals surface area contributed by atoms with E-state index in [1.54, 1.807) is 26.8 Å². The van der Waals surface area contributed by atoms with Crippen LogP contribution in [-0.2, 0) is 11.3 Å². The maximum atomic E-state index is 12.2. The number of carbonyl (C=O) groups is 1. The largest absolute Gasteiger partial charge is 0.442 e. The van der Waals surface area contributed by atoms with E-state index in [-0.39, 0.29) is 6.54 Å². The molecular weight excluding hydrogens is 322 g/mol. The average molecular weight is 336 g/mol. The summed E-state index contributed by atoms with van der Waals surface area (Å²) in [7, 11) is 0. The third-order valence-electron chi connectivity index (χ3n) is 2.51. The highest BCUT2D eigenvalue weighted by atomic mass is 79.9. The normalized spacial score (nSPS) is 11.3. The smallest absolute Gasteiger partial charge is 0.435 e. The molecule has 0 aliphatic carbocycles. The quantitative estimate of drug-likeness (QED) is 0.740. The SMILES string of the molecule is [C-]#[N+]Cc1nn(C(=O)OC(C)(C)C)c2cc(Br)ccc12. The second-order valence-corrected chi connectivity index (χ2v) is 6.23.